The smallest absolute Gasteiger partial charge is 0.339 e. The van der Waals surface area contributed by atoms with Crippen LogP contribution in [-0.2, 0) is 9.47 Å². The fourth-order valence-electron chi connectivity index (χ4n) is 3.67. The molecule has 0 heterocycles. The highest BCUT2D eigenvalue weighted by molar-refractivity contribution is 6.03. The summed E-state index contributed by atoms with van der Waals surface area (Å²) in [4.78, 5) is 25.7. The molecule has 0 saturated carbocycles. The van der Waals surface area contributed by atoms with Crippen molar-refractivity contribution in [3.05, 3.63) is 35.4 Å². The van der Waals surface area contributed by atoms with E-state index in [9.17, 15) is 9.59 Å². The second-order valence-corrected chi connectivity index (χ2v) is 10.7. The van der Waals surface area contributed by atoms with E-state index in [4.69, 9.17) is 9.47 Å². The van der Waals surface area contributed by atoms with Gasteiger partial charge in [0.05, 0.1) is 24.3 Å². The summed E-state index contributed by atoms with van der Waals surface area (Å²) in [6.07, 6.45) is 4.27. The molecule has 4 heteroatoms. The summed E-state index contributed by atoms with van der Waals surface area (Å²) in [6.45, 7) is 18.2. The Hall–Kier alpha value is -1.84. The average Bonchev–Trinajstić information content (AvgIpc) is 2.72. The lowest BCUT2D eigenvalue weighted by Crippen LogP contribution is -2.22. The van der Waals surface area contributed by atoms with Gasteiger partial charge >= 0.3 is 11.9 Å². The molecule has 0 aromatic heterocycles. The van der Waals surface area contributed by atoms with Gasteiger partial charge in [-0.25, -0.2) is 9.59 Å². The van der Waals surface area contributed by atoms with Crippen LogP contribution in [0, 0.1) is 35.5 Å². The predicted octanol–water partition coefficient (Wildman–Crippen LogP) is 7.42. The molecule has 182 valence electrons. The molecule has 1 aromatic rings. The minimum absolute atomic E-state index is 0.284. The number of carbonyl (C=O) groups is 2. The van der Waals surface area contributed by atoms with E-state index in [1.54, 1.807) is 24.3 Å². The Morgan fingerprint density at radius 3 is 1.25 bits per heavy atom. The van der Waals surface area contributed by atoms with E-state index in [2.05, 4.69) is 55.4 Å². The summed E-state index contributed by atoms with van der Waals surface area (Å²) in [5.41, 5.74) is 0.569. The zero-order chi connectivity index (χ0) is 24.3. The largest absolute Gasteiger partial charge is 0.462 e. The maximum Gasteiger partial charge on any atom is 0.339 e. The fourth-order valence-corrected chi connectivity index (χ4v) is 3.67. The third-order valence-electron chi connectivity index (χ3n) is 6.34. The normalized spacial score (nSPS) is 13.6. The summed E-state index contributed by atoms with van der Waals surface area (Å²) in [6, 6.07) is 6.81. The van der Waals surface area contributed by atoms with Crippen LogP contribution in [0.25, 0.3) is 0 Å². The second kappa shape index (κ2) is 14.3. The highest BCUT2D eigenvalue weighted by Gasteiger charge is 2.23. The van der Waals surface area contributed by atoms with E-state index in [1.807, 2.05) is 0 Å². The van der Waals surface area contributed by atoms with Crippen LogP contribution in [0.1, 0.15) is 102 Å². The van der Waals surface area contributed by atoms with Crippen molar-refractivity contribution in [3.8, 4) is 0 Å². The van der Waals surface area contributed by atoms with Crippen LogP contribution >= 0.6 is 0 Å². The first-order valence-corrected chi connectivity index (χ1v) is 12.5. The van der Waals surface area contributed by atoms with Crippen molar-refractivity contribution >= 4 is 11.9 Å². The Labute approximate surface area is 196 Å². The van der Waals surface area contributed by atoms with Gasteiger partial charge in [-0.2, -0.15) is 0 Å². The van der Waals surface area contributed by atoms with Gasteiger partial charge in [0.15, 0.2) is 0 Å². The highest BCUT2D eigenvalue weighted by Crippen LogP contribution is 2.23. The van der Waals surface area contributed by atoms with Gasteiger partial charge in [0.1, 0.15) is 0 Å². The Balaban J connectivity index is 2.78. The molecule has 32 heavy (non-hydrogen) atoms. The van der Waals surface area contributed by atoms with Crippen molar-refractivity contribution in [2.24, 2.45) is 35.5 Å². The van der Waals surface area contributed by atoms with Crippen molar-refractivity contribution in [1.29, 1.82) is 0 Å². The van der Waals surface area contributed by atoms with Gasteiger partial charge in [-0.1, -0.05) is 80.4 Å². The number of esters is 2. The maximum absolute atomic E-state index is 12.8. The second-order valence-electron chi connectivity index (χ2n) is 10.7. The number of carbonyl (C=O) groups excluding carboxylic acids is 2. The van der Waals surface area contributed by atoms with Gasteiger partial charge in [-0.05, 0) is 60.5 Å². The monoisotopic (exact) mass is 446 g/mol. The summed E-state index contributed by atoms with van der Waals surface area (Å²) >= 11 is 0. The Bertz CT molecular complexity index is 631. The molecule has 0 N–H and O–H groups in total. The van der Waals surface area contributed by atoms with Crippen LogP contribution in [-0.4, -0.2) is 25.2 Å². The molecular formula is C28H46O4. The van der Waals surface area contributed by atoms with Crippen molar-refractivity contribution in [3.63, 3.8) is 0 Å². The lowest BCUT2D eigenvalue weighted by Gasteiger charge is -2.22. The Morgan fingerprint density at radius 2 is 0.969 bits per heavy atom. The van der Waals surface area contributed by atoms with Crippen LogP contribution < -0.4 is 0 Å². The van der Waals surface area contributed by atoms with Crippen molar-refractivity contribution in [2.45, 2.75) is 81.1 Å². The minimum Gasteiger partial charge on any atom is -0.462 e. The molecule has 1 rings (SSSR count). The Morgan fingerprint density at radius 1 is 0.625 bits per heavy atom. The van der Waals surface area contributed by atoms with E-state index in [0.717, 1.165) is 25.7 Å². The maximum atomic E-state index is 12.8. The molecule has 0 radical (unpaired) electrons. The predicted molar refractivity (Wildman–Crippen MR) is 132 cm³/mol. The highest BCUT2D eigenvalue weighted by atomic mass is 16.5. The lowest BCUT2D eigenvalue weighted by molar-refractivity contribution is 0.0344. The third-order valence-corrected chi connectivity index (χ3v) is 6.34. The topological polar surface area (TPSA) is 52.6 Å². The zero-order valence-electron chi connectivity index (χ0n) is 21.6. The van der Waals surface area contributed by atoms with Crippen LogP contribution in [0.3, 0.4) is 0 Å². The van der Waals surface area contributed by atoms with Gasteiger partial charge < -0.3 is 9.47 Å². The molecule has 0 unspecified atom stereocenters. The summed E-state index contributed by atoms with van der Waals surface area (Å²) in [7, 11) is 0. The van der Waals surface area contributed by atoms with Crippen LogP contribution in [0.15, 0.2) is 24.3 Å². The van der Waals surface area contributed by atoms with Crippen LogP contribution in [0.2, 0.25) is 0 Å². The third kappa shape index (κ3) is 10.2. The van der Waals surface area contributed by atoms with Crippen molar-refractivity contribution in [2.75, 3.05) is 13.2 Å². The first-order valence-electron chi connectivity index (χ1n) is 12.5. The van der Waals surface area contributed by atoms with E-state index < -0.39 is 11.9 Å². The number of hydrogen-bond donors (Lipinski definition) is 0. The zero-order valence-corrected chi connectivity index (χ0v) is 21.6. The molecule has 4 nitrogen and oxygen atoms in total. The summed E-state index contributed by atoms with van der Waals surface area (Å²) in [5, 5.41) is 0. The van der Waals surface area contributed by atoms with Crippen LogP contribution in [0.4, 0.5) is 0 Å². The molecule has 0 aliphatic rings. The first-order chi connectivity index (χ1) is 15.0. The summed E-state index contributed by atoms with van der Waals surface area (Å²) in [5.74, 6) is 1.83. The molecule has 0 bridgehead atoms. The lowest BCUT2D eigenvalue weighted by atomic mass is 9.89. The number of benzene rings is 1. The molecule has 0 aliphatic heterocycles. The van der Waals surface area contributed by atoms with E-state index in [1.165, 1.54) is 0 Å². The number of hydrogen-bond acceptors (Lipinski definition) is 4. The minimum atomic E-state index is -0.451. The van der Waals surface area contributed by atoms with Gasteiger partial charge in [0, 0.05) is 0 Å². The van der Waals surface area contributed by atoms with Crippen molar-refractivity contribution < 1.29 is 19.1 Å². The van der Waals surface area contributed by atoms with Gasteiger partial charge in [-0.3, -0.25) is 0 Å². The molecule has 0 saturated heterocycles. The van der Waals surface area contributed by atoms with E-state index in [-0.39, 0.29) is 11.1 Å². The standard InChI is InChI=1S/C28H46O4/c1-19(2)13-15-23(21(5)6)17-31-27(29)25-11-9-10-12-26(25)28(30)32-18-24(22(7)8)16-14-20(3)4/h9-12,19-24H,13-18H2,1-8H3/t23-,24+. The van der Waals surface area contributed by atoms with Crippen LogP contribution in [0.5, 0.6) is 0 Å². The number of rotatable bonds is 14. The average molecular weight is 447 g/mol. The van der Waals surface area contributed by atoms with Crippen molar-refractivity contribution in [1.82, 2.24) is 0 Å². The quantitative estimate of drug-likeness (QED) is 0.279. The van der Waals surface area contributed by atoms with E-state index in [0.29, 0.717) is 48.7 Å². The van der Waals surface area contributed by atoms with Gasteiger partial charge in [-0.15, -0.1) is 0 Å². The molecule has 1 aromatic carbocycles. The fraction of sp³-hybridized carbons (Fsp3) is 0.714. The first kappa shape index (κ1) is 28.2. The molecule has 0 amide bonds. The summed E-state index contributed by atoms with van der Waals surface area (Å²) < 4.78 is 11.3. The molecular weight excluding hydrogens is 400 g/mol. The van der Waals surface area contributed by atoms with E-state index >= 15 is 0 Å². The molecule has 0 spiro atoms. The molecule has 2 atom stereocenters. The SMILES string of the molecule is CC(C)CC[C@H](COC(=O)c1ccccc1C(=O)OC[C@H](CCC(C)C)C(C)C)C(C)C. The number of ether oxygens (including phenoxy) is 2. The molecule has 0 fully saturated rings. The van der Waals surface area contributed by atoms with Gasteiger partial charge in [0.25, 0.3) is 0 Å². The Kier molecular flexibility index (Phi) is 12.6. The molecule has 0 aliphatic carbocycles. The van der Waals surface area contributed by atoms with Gasteiger partial charge in [0.2, 0.25) is 0 Å².